The van der Waals surface area contributed by atoms with E-state index in [4.69, 9.17) is 14.4 Å². The second-order valence-corrected chi connectivity index (χ2v) is 4.04. The Morgan fingerprint density at radius 2 is 2.18 bits per heavy atom. The number of hydrogen-bond donors (Lipinski definition) is 2. The van der Waals surface area contributed by atoms with Crippen molar-refractivity contribution in [3.8, 4) is 0 Å². The molecule has 0 aromatic rings. The maximum Gasteiger partial charge on any atom is 0.292 e. The number of rotatable bonds is 2. The lowest BCUT2D eigenvalue weighted by Gasteiger charge is -2.11. The first kappa shape index (κ1) is 8.92. The third kappa shape index (κ3) is 2.13. The molecule has 2 atom stereocenters. The van der Waals surface area contributed by atoms with Gasteiger partial charge in [0.05, 0.1) is 6.61 Å². The van der Waals surface area contributed by atoms with E-state index in [1.807, 2.05) is 0 Å². The van der Waals surface area contributed by atoms with Gasteiger partial charge < -0.3 is 9.84 Å². The van der Waals surface area contributed by atoms with Gasteiger partial charge in [-0.1, -0.05) is 0 Å². The molecule has 2 N–H and O–H groups in total. The molecule has 11 heavy (non-hydrogen) atoms. The van der Waals surface area contributed by atoms with Crippen LogP contribution in [0.15, 0.2) is 0 Å². The van der Waals surface area contributed by atoms with E-state index in [1.165, 1.54) is 0 Å². The van der Waals surface area contributed by atoms with Crippen LogP contribution in [0.2, 0.25) is 0 Å². The maximum absolute atomic E-state index is 10.4. The van der Waals surface area contributed by atoms with Crippen molar-refractivity contribution >= 4 is 10.1 Å². The summed E-state index contributed by atoms with van der Waals surface area (Å²) in [5.41, 5.74) is -1.69. The average molecular weight is 182 g/mol. The fourth-order valence-corrected chi connectivity index (χ4v) is 1.72. The molecule has 2 unspecified atom stereocenters. The minimum atomic E-state index is -4.31. The van der Waals surface area contributed by atoms with Crippen LogP contribution in [0, 0.1) is 5.92 Å². The van der Waals surface area contributed by atoms with Gasteiger partial charge in [-0.2, -0.15) is 8.42 Å². The zero-order valence-electron chi connectivity index (χ0n) is 5.80. The Morgan fingerprint density at radius 3 is 2.55 bits per heavy atom. The van der Waals surface area contributed by atoms with Crippen molar-refractivity contribution in [2.75, 3.05) is 13.2 Å². The topological polar surface area (TPSA) is 83.8 Å². The van der Waals surface area contributed by atoms with Gasteiger partial charge >= 0.3 is 0 Å². The smallest absolute Gasteiger partial charge is 0.292 e. The molecule has 0 radical (unpaired) electrons. The molecule has 1 saturated heterocycles. The van der Waals surface area contributed by atoms with Gasteiger partial charge in [0, 0.05) is 12.5 Å². The van der Waals surface area contributed by atoms with Gasteiger partial charge in [0.15, 0.2) is 5.44 Å². The van der Waals surface area contributed by atoms with E-state index in [1.54, 1.807) is 0 Å². The third-order valence-electron chi connectivity index (χ3n) is 1.67. The Labute approximate surface area is 64.7 Å². The van der Waals surface area contributed by atoms with E-state index in [2.05, 4.69) is 0 Å². The first-order valence-corrected chi connectivity index (χ1v) is 4.74. The van der Waals surface area contributed by atoms with Crippen molar-refractivity contribution in [3.63, 3.8) is 0 Å². The van der Waals surface area contributed by atoms with Gasteiger partial charge in [0.25, 0.3) is 10.1 Å². The minimum absolute atomic E-state index is 0.195. The number of aliphatic hydroxyl groups excluding tert-OH is 1. The SMILES string of the molecule is O=S(=O)(O)C(O)C1CCOC1. The highest BCUT2D eigenvalue weighted by Crippen LogP contribution is 2.19. The first-order valence-electron chi connectivity index (χ1n) is 3.24. The zero-order valence-corrected chi connectivity index (χ0v) is 6.62. The molecule has 66 valence electrons. The van der Waals surface area contributed by atoms with Crippen LogP contribution >= 0.6 is 0 Å². The van der Waals surface area contributed by atoms with Crippen LogP contribution in [0.4, 0.5) is 0 Å². The lowest BCUT2D eigenvalue weighted by molar-refractivity contribution is 0.135. The summed E-state index contributed by atoms with van der Waals surface area (Å²) in [5, 5.41) is 8.97. The third-order valence-corrected chi connectivity index (χ3v) is 2.67. The summed E-state index contributed by atoms with van der Waals surface area (Å²) in [4.78, 5) is 0. The summed E-state index contributed by atoms with van der Waals surface area (Å²) >= 11 is 0. The van der Waals surface area contributed by atoms with Crippen molar-refractivity contribution in [1.29, 1.82) is 0 Å². The molecule has 0 spiro atoms. The molecule has 0 bridgehead atoms. The Kier molecular flexibility index (Phi) is 2.48. The number of ether oxygens (including phenoxy) is 1. The van der Waals surface area contributed by atoms with Crippen LogP contribution < -0.4 is 0 Å². The number of hydrogen-bond acceptors (Lipinski definition) is 4. The minimum Gasteiger partial charge on any atom is -0.381 e. The molecule has 0 aromatic heterocycles. The van der Waals surface area contributed by atoms with Crippen molar-refractivity contribution in [2.45, 2.75) is 11.9 Å². The summed E-state index contributed by atoms with van der Waals surface area (Å²) in [5.74, 6) is -0.481. The molecule has 1 heterocycles. The van der Waals surface area contributed by atoms with E-state index in [0.29, 0.717) is 13.0 Å². The molecule has 1 aliphatic heterocycles. The Morgan fingerprint density at radius 1 is 1.55 bits per heavy atom. The van der Waals surface area contributed by atoms with Crippen molar-refractivity contribution in [2.24, 2.45) is 5.92 Å². The molecule has 0 saturated carbocycles. The Balaban J connectivity index is 2.60. The molecule has 0 aromatic carbocycles. The Hall–Kier alpha value is -0.170. The molecule has 0 amide bonds. The molecule has 1 fully saturated rings. The van der Waals surface area contributed by atoms with E-state index in [0.717, 1.165) is 0 Å². The lowest BCUT2D eigenvalue weighted by atomic mass is 10.1. The summed E-state index contributed by atoms with van der Waals surface area (Å²) in [6, 6.07) is 0. The van der Waals surface area contributed by atoms with Crippen molar-refractivity contribution in [3.05, 3.63) is 0 Å². The van der Waals surface area contributed by atoms with E-state index in [-0.39, 0.29) is 6.61 Å². The van der Waals surface area contributed by atoms with Crippen LogP contribution in [0.3, 0.4) is 0 Å². The van der Waals surface area contributed by atoms with Crippen LogP contribution in [-0.2, 0) is 14.9 Å². The highest BCUT2D eigenvalue weighted by atomic mass is 32.2. The van der Waals surface area contributed by atoms with Gasteiger partial charge in [-0.3, -0.25) is 4.55 Å². The van der Waals surface area contributed by atoms with E-state index < -0.39 is 21.5 Å². The highest BCUT2D eigenvalue weighted by Gasteiger charge is 2.32. The predicted octanol–water partition coefficient (Wildman–Crippen LogP) is -0.771. The molecular formula is C5H10O5S. The van der Waals surface area contributed by atoms with Gasteiger partial charge in [-0.25, -0.2) is 0 Å². The fourth-order valence-electron chi connectivity index (χ4n) is 1.02. The van der Waals surface area contributed by atoms with Crippen LogP contribution in [0.25, 0.3) is 0 Å². The van der Waals surface area contributed by atoms with Gasteiger partial charge in [0.2, 0.25) is 0 Å². The highest BCUT2D eigenvalue weighted by molar-refractivity contribution is 7.86. The van der Waals surface area contributed by atoms with Gasteiger partial charge in [-0.05, 0) is 6.42 Å². The predicted molar refractivity (Wildman–Crippen MR) is 36.5 cm³/mol. The molecule has 6 heteroatoms. The summed E-state index contributed by atoms with van der Waals surface area (Å²) in [6.45, 7) is 0.637. The maximum atomic E-state index is 10.4. The quantitative estimate of drug-likeness (QED) is 0.548. The monoisotopic (exact) mass is 182 g/mol. The first-order chi connectivity index (χ1) is 5.02. The molecular weight excluding hydrogens is 172 g/mol. The summed E-state index contributed by atoms with van der Waals surface area (Å²) < 4.78 is 34.0. The number of aliphatic hydroxyl groups is 1. The lowest BCUT2D eigenvalue weighted by Crippen LogP contribution is -2.29. The molecule has 0 aliphatic carbocycles. The summed E-state index contributed by atoms with van der Waals surface area (Å²) in [7, 11) is -4.31. The largest absolute Gasteiger partial charge is 0.381 e. The molecule has 1 aliphatic rings. The second kappa shape index (κ2) is 3.06. The average Bonchev–Trinajstić information content (AvgIpc) is 2.34. The molecule has 5 nitrogen and oxygen atoms in total. The van der Waals surface area contributed by atoms with Crippen LogP contribution in [0.5, 0.6) is 0 Å². The molecule has 1 rings (SSSR count). The standard InChI is InChI=1S/C5H10O5S/c6-5(11(7,8)9)4-1-2-10-3-4/h4-6H,1-3H2,(H,7,8,9). The van der Waals surface area contributed by atoms with Gasteiger partial charge in [0.1, 0.15) is 0 Å². The van der Waals surface area contributed by atoms with Crippen LogP contribution in [-0.4, -0.2) is 36.7 Å². The van der Waals surface area contributed by atoms with Crippen LogP contribution in [0.1, 0.15) is 6.42 Å². The van der Waals surface area contributed by atoms with E-state index in [9.17, 15) is 8.42 Å². The normalized spacial score (nSPS) is 28.7. The summed E-state index contributed by atoms with van der Waals surface area (Å²) in [6.07, 6.45) is 0.473. The fraction of sp³-hybridized carbons (Fsp3) is 1.00. The Bertz CT molecular complexity index is 215. The van der Waals surface area contributed by atoms with Crippen molar-refractivity contribution < 1.29 is 22.8 Å². The zero-order chi connectivity index (χ0) is 8.48. The van der Waals surface area contributed by atoms with Gasteiger partial charge in [-0.15, -0.1) is 0 Å². The van der Waals surface area contributed by atoms with Crippen molar-refractivity contribution in [1.82, 2.24) is 0 Å². The van der Waals surface area contributed by atoms with E-state index >= 15 is 0 Å². The second-order valence-electron chi connectivity index (χ2n) is 2.53.